The fourth-order valence-corrected chi connectivity index (χ4v) is 3.56. The van der Waals surface area contributed by atoms with Gasteiger partial charge in [-0.15, -0.1) is 24.0 Å². The largest absolute Gasteiger partial charge is 0.493 e. The van der Waals surface area contributed by atoms with Gasteiger partial charge in [-0.05, 0) is 70.8 Å². The van der Waals surface area contributed by atoms with Gasteiger partial charge in [-0.2, -0.15) is 0 Å². The van der Waals surface area contributed by atoms with Crippen molar-refractivity contribution in [2.75, 3.05) is 53.6 Å². The number of rotatable bonds is 11. The van der Waals surface area contributed by atoms with E-state index in [1.807, 2.05) is 0 Å². The second-order valence-corrected chi connectivity index (χ2v) is 7.96. The Morgan fingerprint density at radius 2 is 1.97 bits per heavy atom. The number of methoxy groups -OCH3 is 1. The number of halogens is 1. The van der Waals surface area contributed by atoms with Crippen molar-refractivity contribution < 1.29 is 9.47 Å². The fourth-order valence-electron chi connectivity index (χ4n) is 3.56. The summed E-state index contributed by atoms with van der Waals surface area (Å²) < 4.78 is 11.1. The van der Waals surface area contributed by atoms with E-state index in [1.165, 1.54) is 37.9 Å². The molecule has 172 valence electrons. The van der Waals surface area contributed by atoms with Crippen molar-refractivity contribution in [1.82, 2.24) is 15.5 Å². The molecular weight excluding hydrogens is 491 g/mol. The fraction of sp³-hybridized carbons (Fsp3) is 0.696. The third kappa shape index (κ3) is 10.3. The van der Waals surface area contributed by atoms with Crippen LogP contribution in [0.1, 0.15) is 43.7 Å². The lowest BCUT2D eigenvalue weighted by Crippen LogP contribution is -2.39. The lowest BCUT2D eigenvalue weighted by molar-refractivity contribution is 0.172. The van der Waals surface area contributed by atoms with E-state index in [9.17, 15) is 0 Å². The van der Waals surface area contributed by atoms with Gasteiger partial charge in [0.05, 0.1) is 13.2 Å². The molecule has 2 N–H and O–H groups in total. The van der Waals surface area contributed by atoms with Crippen LogP contribution in [0.5, 0.6) is 5.75 Å². The Hall–Kier alpha value is -1.06. The number of likely N-dealkylation sites (tertiary alicyclic amines) is 1. The minimum atomic E-state index is 0. The van der Waals surface area contributed by atoms with Crippen molar-refractivity contribution in [1.29, 1.82) is 0 Å². The third-order valence-electron chi connectivity index (χ3n) is 5.41. The average Bonchev–Trinajstić information content (AvgIpc) is 2.72. The first-order chi connectivity index (χ1) is 14.1. The van der Waals surface area contributed by atoms with Gasteiger partial charge in [0, 0.05) is 38.8 Å². The molecule has 1 aliphatic heterocycles. The van der Waals surface area contributed by atoms with Gasteiger partial charge in [-0.3, -0.25) is 0 Å². The molecule has 1 aromatic rings. The summed E-state index contributed by atoms with van der Waals surface area (Å²) in [7, 11) is 3.93. The van der Waals surface area contributed by atoms with Gasteiger partial charge >= 0.3 is 0 Å². The summed E-state index contributed by atoms with van der Waals surface area (Å²) in [5, 5.41) is 6.87. The quantitative estimate of drug-likeness (QED) is 0.197. The van der Waals surface area contributed by atoms with Crippen LogP contribution in [-0.4, -0.2) is 64.4 Å². The molecule has 2 rings (SSSR count). The molecule has 0 aliphatic carbocycles. The zero-order valence-corrected chi connectivity index (χ0v) is 21.5. The molecule has 1 aliphatic rings. The van der Waals surface area contributed by atoms with E-state index in [-0.39, 0.29) is 24.0 Å². The van der Waals surface area contributed by atoms with Crippen LogP contribution in [0, 0.1) is 12.8 Å². The van der Waals surface area contributed by atoms with Crippen molar-refractivity contribution >= 4 is 29.9 Å². The highest BCUT2D eigenvalue weighted by Gasteiger charge is 2.16. The Labute approximate surface area is 200 Å². The van der Waals surface area contributed by atoms with E-state index in [1.54, 1.807) is 7.11 Å². The standard InChI is InChI=1S/C23H40N4O2.HI/c1-5-24-23(25-12-9-20-10-13-27(3)14-11-20)26-18-21-8-7-19(2)17-22(21)29-16-6-15-28-4;/h7-8,17,20H,5-6,9-16,18H2,1-4H3,(H2,24,25,26);1H. The number of benzene rings is 1. The minimum Gasteiger partial charge on any atom is -0.493 e. The topological polar surface area (TPSA) is 58.1 Å². The van der Waals surface area contributed by atoms with Gasteiger partial charge in [-0.25, -0.2) is 4.99 Å². The minimum absolute atomic E-state index is 0. The van der Waals surface area contributed by atoms with E-state index in [0.29, 0.717) is 19.8 Å². The number of aryl methyl sites for hydroxylation is 1. The maximum absolute atomic E-state index is 5.99. The molecule has 0 aromatic heterocycles. The van der Waals surface area contributed by atoms with Crippen LogP contribution in [-0.2, 0) is 11.3 Å². The Morgan fingerprint density at radius 3 is 2.67 bits per heavy atom. The van der Waals surface area contributed by atoms with Crippen molar-refractivity contribution in [2.24, 2.45) is 10.9 Å². The van der Waals surface area contributed by atoms with Crippen LogP contribution in [0.15, 0.2) is 23.2 Å². The average molecular weight is 533 g/mol. The van der Waals surface area contributed by atoms with Crippen molar-refractivity contribution in [3.8, 4) is 5.75 Å². The van der Waals surface area contributed by atoms with Crippen molar-refractivity contribution in [2.45, 2.75) is 46.1 Å². The summed E-state index contributed by atoms with van der Waals surface area (Å²) in [6.45, 7) is 10.4. The molecule has 0 unspecified atom stereocenters. The first-order valence-electron chi connectivity index (χ1n) is 11.0. The normalized spacial score (nSPS) is 15.5. The van der Waals surface area contributed by atoms with Crippen LogP contribution in [0.2, 0.25) is 0 Å². The summed E-state index contributed by atoms with van der Waals surface area (Å²) in [6.07, 6.45) is 4.70. The van der Waals surface area contributed by atoms with Gasteiger partial charge in [0.15, 0.2) is 5.96 Å². The van der Waals surface area contributed by atoms with Gasteiger partial charge in [-0.1, -0.05) is 12.1 Å². The predicted molar refractivity (Wildman–Crippen MR) is 136 cm³/mol. The van der Waals surface area contributed by atoms with Crippen LogP contribution < -0.4 is 15.4 Å². The zero-order valence-electron chi connectivity index (χ0n) is 19.2. The second-order valence-electron chi connectivity index (χ2n) is 7.96. The van der Waals surface area contributed by atoms with E-state index >= 15 is 0 Å². The maximum Gasteiger partial charge on any atom is 0.191 e. The number of nitrogens with zero attached hydrogens (tertiary/aromatic N) is 2. The first-order valence-corrected chi connectivity index (χ1v) is 11.0. The molecule has 0 amide bonds. The molecule has 0 spiro atoms. The number of hydrogen-bond acceptors (Lipinski definition) is 4. The SMILES string of the molecule is CCNC(=NCc1ccc(C)cc1OCCCOC)NCCC1CCN(C)CC1.I. The van der Waals surface area contributed by atoms with E-state index in [2.05, 4.69) is 54.6 Å². The highest BCUT2D eigenvalue weighted by Crippen LogP contribution is 2.22. The molecule has 0 atom stereocenters. The smallest absolute Gasteiger partial charge is 0.191 e. The number of nitrogens with one attached hydrogen (secondary N) is 2. The Balaban J connectivity index is 0.00000450. The molecule has 7 heteroatoms. The number of ether oxygens (including phenoxy) is 2. The highest BCUT2D eigenvalue weighted by atomic mass is 127. The molecule has 1 saturated heterocycles. The molecule has 0 radical (unpaired) electrons. The Kier molecular flexibility index (Phi) is 14.1. The molecular formula is C23H41IN4O2. The molecule has 1 aromatic carbocycles. The lowest BCUT2D eigenvalue weighted by atomic mass is 9.94. The second kappa shape index (κ2) is 15.7. The monoisotopic (exact) mass is 532 g/mol. The molecule has 1 heterocycles. The number of guanidine groups is 1. The predicted octanol–water partition coefficient (Wildman–Crippen LogP) is 3.82. The summed E-state index contributed by atoms with van der Waals surface area (Å²) in [5.41, 5.74) is 2.31. The Morgan fingerprint density at radius 1 is 1.20 bits per heavy atom. The number of aliphatic imine (C=N–C) groups is 1. The van der Waals surface area contributed by atoms with Gasteiger partial charge in [0.1, 0.15) is 5.75 Å². The zero-order chi connectivity index (χ0) is 20.9. The first kappa shape index (κ1) is 27.0. The maximum atomic E-state index is 5.99. The molecule has 6 nitrogen and oxygen atoms in total. The third-order valence-corrected chi connectivity index (χ3v) is 5.41. The summed E-state index contributed by atoms with van der Waals surface area (Å²) in [5.74, 6) is 2.63. The van der Waals surface area contributed by atoms with Gasteiger partial charge in [0.25, 0.3) is 0 Å². The van der Waals surface area contributed by atoms with Crippen LogP contribution in [0.25, 0.3) is 0 Å². The molecule has 1 fully saturated rings. The molecule has 0 bridgehead atoms. The van der Waals surface area contributed by atoms with E-state index in [4.69, 9.17) is 14.5 Å². The van der Waals surface area contributed by atoms with Crippen molar-refractivity contribution in [3.63, 3.8) is 0 Å². The molecule has 30 heavy (non-hydrogen) atoms. The Bertz CT molecular complexity index is 619. The lowest BCUT2D eigenvalue weighted by Gasteiger charge is -2.29. The summed E-state index contributed by atoms with van der Waals surface area (Å²) >= 11 is 0. The van der Waals surface area contributed by atoms with Crippen LogP contribution in [0.3, 0.4) is 0 Å². The van der Waals surface area contributed by atoms with E-state index < -0.39 is 0 Å². The van der Waals surface area contributed by atoms with Crippen molar-refractivity contribution in [3.05, 3.63) is 29.3 Å². The summed E-state index contributed by atoms with van der Waals surface area (Å²) in [4.78, 5) is 7.22. The van der Waals surface area contributed by atoms with Crippen LogP contribution in [0.4, 0.5) is 0 Å². The number of hydrogen-bond donors (Lipinski definition) is 2. The van der Waals surface area contributed by atoms with Gasteiger partial charge < -0.3 is 25.0 Å². The highest BCUT2D eigenvalue weighted by molar-refractivity contribution is 14.0. The van der Waals surface area contributed by atoms with E-state index in [0.717, 1.165) is 42.7 Å². The molecule has 0 saturated carbocycles. The summed E-state index contributed by atoms with van der Waals surface area (Å²) in [6, 6.07) is 6.33. The van der Waals surface area contributed by atoms with Gasteiger partial charge in [0.2, 0.25) is 0 Å². The number of piperidine rings is 1. The van der Waals surface area contributed by atoms with Crippen LogP contribution >= 0.6 is 24.0 Å².